The normalized spacial score (nSPS) is 12.6. The number of benzene rings is 1. The Morgan fingerprint density at radius 2 is 2.15 bits per heavy atom. The van der Waals surface area contributed by atoms with E-state index in [1.807, 2.05) is 19.1 Å². The predicted octanol–water partition coefficient (Wildman–Crippen LogP) is 4.77. The van der Waals surface area contributed by atoms with E-state index in [1.165, 1.54) is 12.1 Å². The maximum atomic E-state index is 13.2. The lowest BCUT2D eigenvalue weighted by Gasteiger charge is -2.19. The Bertz CT molecular complexity index is 567. The van der Waals surface area contributed by atoms with E-state index in [0.717, 1.165) is 40.7 Å². The van der Waals surface area contributed by atoms with Crippen LogP contribution >= 0.6 is 15.9 Å². The Balaban J connectivity index is 2.21. The first-order valence-electron chi connectivity index (χ1n) is 6.83. The summed E-state index contributed by atoms with van der Waals surface area (Å²) < 4.78 is 19.4. The second-order valence-electron chi connectivity index (χ2n) is 4.88. The summed E-state index contributed by atoms with van der Waals surface area (Å²) in [6.45, 7) is 5.05. The summed E-state index contributed by atoms with van der Waals surface area (Å²) >= 11 is 3.43. The van der Waals surface area contributed by atoms with Crippen LogP contribution in [0.2, 0.25) is 0 Å². The minimum atomic E-state index is -0.224. The fourth-order valence-corrected chi connectivity index (χ4v) is 2.79. The molecule has 2 aromatic rings. The van der Waals surface area contributed by atoms with Crippen molar-refractivity contribution in [2.24, 2.45) is 0 Å². The predicted molar refractivity (Wildman–Crippen MR) is 82.3 cm³/mol. The average molecular weight is 340 g/mol. The number of halogens is 2. The summed E-state index contributed by atoms with van der Waals surface area (Å²) in [5.41, 5.74) is 2.25. The molecule has 0 spiro atoms. The molecular weight excluding hydrogens is 321 g/mol. The molecule has 0 fully saturated rings. The molecule has 1 aromatic carbocycles. The van der Waals surface area contributed by atoms with E-state index in [9.17, 15) is 4.39 Å². The third-order valence-electron chi connectivity index (χ3n) is 3.35. The van der Waals surface area contributed by atoms with Crippen molar-refractivity contribution in [2.45, 2.75) is 32.7 Å². The van der Waals surface area contributed by atoms with E-state index < -0.39 is 0 Å². The van der Waals surface area contributed by atoms with Gasteiger partial charge in [-0.3, -0.25) is 0 Å². The lowest BCUT2D eigenvalue weighted by atomic mass is 9.99. The quantitative estimate of drug-likeness (QED) is 0.819. The highest BCUT2D eigenvalue weighted by Gasteiger charge is 2.17. The summed E-state index contributed by atoms with van der Waals surface area (Å²) in [5, 5.41) is 3.53. The summed E-state index contributed by atoms with van der Waals surface area (Å²) in [4.78, 5) is 0. The molecule has 1 heterocycles. The SMILES string of the molecule is CCCNC(Cc1ccc(F)cc1Br)c1ccoc1C. The van der Waals surface area contributed by atoms with E-state index in [1.54, 1.807) is 6.26 Å². The van der Waals surface area contributed by atoms with Crippen molar-refractivity contribution in [1.82, 2.24) is 5.32 Å². The molecular formula is C16H19BrFNO. The molecule has 0 amide bonds. The van der Waals surface area contributed by atoms with Crippen molar-refractivity contribution in [3.05, 3.63) is 57.7 Å². The topological polar surface area (TPSA) is 25.2 Å². The lowest BCUT2D eigenvalue weighted by Crippen LogP contribution is -2.24. The van der Waals surface area contributed by atoms with Gasteiger partial charge in [0.15, 0.2) is 0 Å². The third-order valence-corrected chi connectivity index (χ3v) is 4.09. The number of nitrogens with one attached hydrogen (secondary N) is 1. The molecule has 1 aromatic heterocycles. The molecule has 0 aliphatic heterocycles. The van der Waals surface area contributed by atoms with E-state index >= 15 is 0 Å². The van der Waals surface area contributed by atoms with Crippen LogP contribution in [0, 0.1) is 12.7 Å². The van der Waals surface area contributed by atoms with Crippen LogP contribution in [0.4, 0.5) is 4.39 Å². The highest BCUT2D eigenvalue weighted by atomic mass is 79.9. The zero-order valence-electron chi connectivity index (χ0n) is 11.7. The van der Waals surface area contributed by atoms with Crippen molar-refractivity contribution in [1.29, 1.82) is 0 Å². The smallest absolute Gasteiger partial charge is 0.124 e. The monoisotopic (exact) mass is 339 g/mol. The second-order valence-corrected chi connectivity index (χ2v) is 5.73. The maximum Gasteiger partial charge on any atom is 0.124 e. The maximum absolute atomic E-state index is 13.2. The molecule has 1 unspecified atom stereocenters. The zero-order chi connectivity index (χ0) is 14.5. The highest BCUT2D eigenvalue weighted by molar-refractivity contribution is 9.10. The van der Waals surface area contributed by atoms with Crippen LogP contribution in [0.1, 0.15) is 36.3 Å². The molecule has 2 rings (SSSR count). The van der Waals surface area contributed by atoms with Crippen LogP contribution in [-0.2, 0) is 6.42 Å². The summed E-state index contributed by atoms with van der Waals surface area (Å²) in [5.74, 6) is 0.704. The van der Waals surface area contributed by atoms with E-state index in [4.69, 9.17) is 4.42 Å². The van der Waals surface area contributed by atoms with Gasteiger partial charge in [0.25, 0.3) is 0 Å². The first-order valence-corrected chi connectivity index (χ1v) is 7.62. The molecule has 2 nitrogen and oxygen atoms in total. The Morgan fingerprint density at radius 1 is 1.35 bits per heavy atom. The summed E-state index contributed by atoms with van der Waals surface area (Å²) in [6.07, 6.45) is 3.57. The fourth-order valence-electron chi connectivity index (χ4n) is 2.27. The van der Waals surface area contributed by atoms with Gasteiger partial charge in [-0.05, 0) is 50.1 Å². The van der Waals surface area contributed by atoms with Gasteiger partial charge in [0.05, 0.1) is 6.26 Å². The molecule has 1 N–H and O–H groups in total. The van der Waals surface area contributed by atoms with Crippen molar-refractivity contribution < 1.29 is 8.81 Å². The van der Waals surface area contributed by atoms with Gasteiger partial charge in [0.2, 0.25) is 0 Å². The minimum absolute atomic E-state index is 0.176. The third kappa shape index (κ3) is 3.70. The number of hydrogen-bond donors (Lipinski definition) is 1. The van der Waals surface area contributed by atoms with E-state index in [-0.39, 0.29) is 11.9 Å². The van der Waals surface area contributed by atoms with Gasteiger partial charge in [0, 0.05) is 16.1 Å². The van der Waals surface area contributed by atoms with Crippen molar-refractivity contribution >= 4 is 15.9 Å². The molecule has 20 heavy (non-hydrogen) atoms. The lowest BCUT2D eigenvalue weighted by molar-refractivity contribution is 0.493. The Morgan fingerprint density at radius 3 is 2.75 bits per heavy atom. The minimum Gasteiger partial charge on any atom is -0.469 e. The summed E-state index contributed by atoms with van der Waals surface area (Å²) in [7, 11) is 0. The van der Waals surface area contributed by atoms with Crippen LogP contribution < -0.4 is 5.32 Å². The van der Waals surface area contributed by atoms with Crippen LogP contribution in [-0.4, -0.2) is 6.54 Å². The van der Waals surface area contributed by atoms with Crippen LogP contribution in [0.15, 0.2) is 39.4 Å². The average Bonchev–Trinajstić information content (AvgIpc) is 2.83. The van der Waals surface area contributed by atoms with E-state index in [2.05, 4.69) is 28.2 Å². The second kappa shape index (κ2) is 7.04. The zero-order valence-corrected chi connectivity index (χ0v) is 13.3. The number of furan rings is 1. The molecule has 0 saturated carbocycles. The van der Waals surface area contributed by atoms with Gasteiger partial charge in [-0.2, -0.15) is 0 Å². The van der Waals surface area contributed by atoms with Crippen molar-refractivity contribution in [3.8, 4) is 0 Å². The van der Waals surface area contributed by atoms with Gasteiger partial charge < -0.3 is 9.73 Å². The molecule has 0 radical (unpaired) electrons. The largest absolute Gasteiger partial charge is 0.469 e. The van der Waals surface area contributed by atoms with Crippen molar-refractivity contribution in [3.63, 3.8) is 0 Å². The highest BCUT2D eigenvalue weighted by Crippen LogP contribution is 2.27. The molecule has 0 saturated heterocycles. The molecule has 1 atom stereocenters. The number of rotatable bonds is 6. The van der Waals surface area contributed by atoms with Gasteiger partial charge in [0.1, 0.15) is 11.6 Å². The Labute approximate surface area is 127 Å². The van der Waals surface area contributed by atoms with Gasteiger partial charge in [-0.1, -0.05) is 28.9 Å². The molecule has 0 aliphatic rings. The Hall–Kier alpha value is -1.13. The van der Waals surface area contributed by atoms with Gasteiger partial charge in [-0.25, -0.2) is 4.39 Å². The van der Waals surface area contributed by atoms with Gasteiger partial charge >= 0.3 is 0 Å². The fraction of sp³-hybridized carbons (Fsp3) is 0.375. The molecule has 0 aliphatic carbocycles. The van der Waals surface area contributed by atoms with Crippen LogP contribution in [0.5, 0.6) is 0 Å². The first-order chi connectivity index (χ1) is 9.61. The molecule has 108 valence electrons. The number of hydrogen-bond acceptors (Lipinski definition) is 2. The first kappa shape index (κ1) is 15.3. The molecule has 0 bridgehead atoms. The summed E-state index contributed by atoms with van der Waals surface area (Å²) in [6, 6.07) is 7.01. The number of aryl methyl sites for hydroxylation is 1. The van der Waals surface area contributed by atoms with Crippen molar-refractivity contribution in [2.75, 3.05) is 6.54 Å². The van der Waals surface area contributed by atoms with Gasteiger partial charge in [-0.15, -0.1) is 0 Å². The Kier molecular flexibility index (Phi) is 5.38. The molecule has 4 heteroatoms. The standard InChI is InChI=1S/C16H19BrFNO/c1-3-7-19-16(14-6-8-20-11(14)2)9-12-4-5-13(18)10-15(12)17/h4-6,8,10,16,19H,3,7,9H2,1-2H3. The van der Waals surface area contributed by atoms with E-state index in [0.29, 0.717) is 0 Å². The van der Waals surface area contributed by atoms with Crippen LogP contribution in [0.25, 0.3) is 0 Å². The van der Waals surface area contributed by atoms with Crippen LogP contribution in [0.3, 0.4) is 0 Å².